The Morgan fingerprint density at radius 3 is 1.44 bits per heavy atom. The Balaban J connectivity index is 4.47. The highest BCUT2D eigenvalue weighted by Gasteiger charge is 2.31. The monoisotopic (exact) mass is 554 g/mol. The van der Waals surface area contributed by atoms with Crippen molar-refractivity contribution in [1.82, 2.24) is 21.3 Å². The van der Waals surface area contributed by atoms with Crippen LogP contribution in [0.3, 0.4) is 0 Å². The highest BCUT2D eigenvalue weighted by molar-refractivity contribution is 5.93. The highest BCUT2D eigenvalue weighted by atomic mass is 16.2. The highest BCUT2D eigenvalue weighted by Crippen LogP contribution is 2.20. The zero-order chi connectivity index (χ0) is 30.3. The number of hydrogen-bond donors (Lipinski definition) is 6. The maximum Gasteiger partial charge on any atom is 0.237 e. The van der Waals surface area contributed by atoms with Crippen molar-refractivity contribution in [1.29, 1.82) is 0 Å². The van der Waals surface area contributed by atoms with Crippen molar-refractivity contribution < 1.29 is 14.4 Å². The summed E-state index contributed by atoms with van der Waals surface area (Å²) >= 11 is 0. The molecule has 2 amide bonds. The summed E-state index contributed by atoms with van der Waals surface area (Å²) in [5, 5.41) is 12.7. The molecule has 9 nitrogen and oxygen atoms in total. The van der Waals surface area contributed by atoms with Gasteiger partial charge in [0.1, 0.15) is 0 Å². The fourth-order valence-electron chi connectivity index (χ4n) is 4.05. The van der Waals surface area contributed by atoms with E-state index >= 15 is 0 Å². The quantitative estimate of drug-likeness (QED) is 0.134. The van der Waals surface area contributed by atoms with Crippen molar-refractivity contribution >= 4 is 17.6 Å². The van der Waals surface area contributed by atoms with Gasteiger partial charge in [-0.05, 0) is 99.6 Å². The number of nitrogens with one attached hydrogen (secondary N) is 4. The third-order valence-electron chi connectivity index (χ3n) is 6.46. The summed E-state index contributed by atoms with van der Waals surface area (Å²) in [5.41, 5.74) is 11.8. The number of hydrogen-bond acceptors (Lipinski definition) is 7. The van der Waals surface area contributed by atoms with Crippen molar-refractivity contribution in [3.63, 3.8) is 0 Å². The van der Waals surface area contributed by atoms with Crippen LogP contribution >= 0.6 is 0 Å². The lowest BCUT2D eigenvalue weighted by Gasteiger charge is -2.27. The minimum atomic E-state index is -0.639. The normalized spacial score (nSPS) is 14.9. The van der Waals surface area contributed by atoms with E-state index in [1.165, 1.54) is 0 Å². The van der Waals surface area contributed by atoms with E-state index < -0.39 is 23.5 Å². The first-order valence-corrected chi connectivity index (χ1v) is 15.0. The van der Waals surface area contributed by atoms with E-state index in [2.05, 4.69) is 62.8 Å². The van der Waals surface area contributed by atoms with Crippen molar-refractivity contribution in [3.05, 3.63) is 0 Å². The van der Waals surface area contributed by atoms with E-state index in [9.17, 15) is 14.4 Å². The van der Waals surface area contributed by atoms with Crippen molar-refractivity contribution in [3.8, 4) is 0 Å². The molecule has 0 saturated heterocycles. The summed E-state index contributed by atoms with van der Waals surface area (Å²) in [5.74, 6) is -0.430. The van der Waals surface area contributed by atoms with Gasteiger partial charge < -0.3 is 32.7 Å². The van der Waals surface area contributed by atoms with Gasteiger partial charge in [-0.15, -0.1) is 0 Å². The van der Waals surface area contributed by atoms with Crippen LogP contribution < -0.4 is 32.7 Å². The molecule has 9 heteroatoms. The first-order chi connectivity index (χ1) is 17.8. The lowest BCUT2D eigenvalue weighted by atomic mass is 9.84. The molecular formula is C30H62N6O3. The lowest BCUT2D eigenvalue weighted by molar-refractivity contribution is -0.133. The topological polar surface area (TPSA) is 151 Å². The van der Waals surface area contributed by atoms with Gasteiger partial charge in [-0.1, -0.05) is 33.6 Å². The predicted molar refractivity (Wildman–Crippen MR) is 162 cm³/mol. The number of carbonyl (C=O) groups is 3. The zero-order valence-corrected chi connectivity index (χ0v) is 26.6. The van der Waals surface area contributed by atoms with Crippen LogP contribution in [0.5, 0.6) is 0 Å². The molecule has 0 bridgehead atoms. The molecule has 0 aromatic rings. The number of unbranched alkanes of at least 4 members (excludes halogenated alkanes) is 3. The molecule has 0 spiro atoms. The molecule has 0 heterocycles. The second-order valence-corrected chi connectivity index (χ2v) is 14.0. The van der Waals surface area contributed by atoms with Gasteiger partial charge in [-0.2, -0.15) is 0 Å². The van der Waals surface area contributed by atoms with E-state index in [1.807, 2.05) is 20.8 Å². The molecule has 0 aliphatic rings. The van der Waals surface area contributed by atoms with Crippen LogP contribution in [0.1, 0.15) is 120 Å². The van der Waals surface area contributed by atoms with Crippen molar-refractivity contribution in [2.75, 3.05) is 19.6 Å². The summed E-state index contributed by atoms with van der Waals surface area (Å²) in [7, 11) is 0. The Morgan fingerprint density at radius 2 is 1.00 bits per heavy atom. The molecule has 8 N–H and O–H groups in total. The average molecular weight is 555 g/mol. The minimum absolute atomic E-state index is 0.00978. The molecule has 0 aromatic carbocycles. The van der Waals surface area contributed by atoms with Crippen LogP contribution in [0.25, 0.3) is 0 Å². The zero-order valence-electron chi connectivity index (χ0n) is 26.6. The molecule has 3 atom stereocenters. The lowest BCUT2D eigenvalue weighted by Crippen LogP contribution is -2.51. The Hall–Kier alpha value is -1.55. The fourth-order valence-corrected chi connectivity index (χ4v) is 4.05. The number of carbonyl (C=O) groups excluding carboxylic acids is 3. The Bertz CT molecular complexity index is 722. The van der Waals surface area contributed by atoms with Crippen LogP contribution in [0.4, 0.5) is 0 Å². The van der Waals surface area contributed by atoms with E-state index in [-0.39, 0.29) is 28.7 Å². The fraction of sp³-hybridized carbons (Fsp3) is 0.900. The maximum absolute atomic E-state index is 13.0. The van der Waals surface area contributed by atoms with Crippen LogP contribution in [0.2, 0.25) is 0 Å². The molecule has 3 unspecified atom stereocenters. The average Bonchev–Trinajstić information content (AvgIpc) is 2.79. The molecule has 0 aliphatic carbocycles. The summed E-state index contributed by atoms with van der Waals surface area (Å²) in [6.45, 7) is 20.6. The van der Waals surface area contributed by atoms with E-state index in [4.69, 9.17) is 11.5 Å². The third-order valence-corrected chi connectivity index (χ3v) is 6.46. The first-order valence-electron chi connectivity index (χ1n) is 15.0. The Morgan fingerprint density at radius 1 is 0.590 bits per heavy atom. The minimum Gasteiger partial charge on any atom is -0.355 e. The number of ketones is 1. The summed E-state index contributed by atoms with van der Waals surface area (Å²) in [6.07, 6.45) is 6.77. The van der Waals surface area contributed by atoms with Crippen LogP contribution in [0, 0.1) is 5.41 Å². The van der Waals surface area contributed by atoms with Gasteiger partial charge in [-0.3, -0.25) is 14.4 Å². The molecule has 0 aliphatic heterocycles. The molecule has 0 radical (unpaired) electrons. The van der Waals surface area contributed by atoms with Gasteiger partial charge in [0, 0.05) is 23.0 Å². The van der Waals surface area contributed by atoms with E-state index in [1.54, 1.807) is 0 Å². The Kier molecular flexibility index (Phi) is 17.3. The third kappa shape index (κ3) is 20.0. The Labute approximate surface area is 239 Å². The predicted octanol–water partition coefficient (Wildman–Crippen LogP) is 3.14. The van der Waals surface area contributed by atoms with Crippen LogP contribution in [0.15, 0.2) is 0 Å². The number of amides is 2. The van der Waals surface area contributed by atoms with Crippen LogP contribution in [-0.2, 0) is 14.4 Å². The number of Topliss-reactive ketones (excluding diaryl/α,β-unsaturated/α-hetero) is 1. The van der Waals surface area contributed by atoms with E-state index in [0.717, 1.165) is 38.8 Å². The van der Waals surface area contributed by atoms with Gasteiger partial charge in [0.2, 0.25) is 11.8 Å². The maximum atomic E-state index is 13.0. The van der Waals surface area contributed by atoms with Gasteiger partial charge in [0.05, 0.1) is 18.1 Å². The smallest absolute Gasteiger partial charge is 0.237 e. The van der Waals surface area contributed by atoms with Crippen LogP contribution in [-0.4, -0.2) is 66.4 Å². The van der Waals surface area contributed by atoms with Gasteiger partial charge in [0.25, 0.3) is 0 Å². The molecule has 0 saturated carbocycles. The van der Waals surface area contributed by atoms with Crippen molar-refractivity contribution in [2.24, 2.45) is 16.9 Å². The molecule has 0 fully saturated rings. The molecule has 0 aromatic heterocycles. The summed E-state index contributed by atoms with van der Waals surface area (Å²) in [6, 6.07) is -1.74. The number of nitrogens with two attached hydrogens (primary N) is 2. The molecular weight excluding hydrogens is 492 g/mol. The summed E-state index contributed by atoms with van der Waals surface area (Å²) in [4.78, 5) is 38.1. The number of rotatable bonds is 19. The molecule has 230 valence electrons. The second kappa shape index (κ2) is 18.0. The first kappa shape index (κ1) is 37.5. The van der Waals surface area contributed by atoms with Crippen molar-refractivity contribution in [2.45, 2.75) is 149 Å². The largest absolute Gasteiger partial charge is 0.355 e. The standard InChI is InChI=1S/C30H62N6O3/c1-28(2,3)25(37)24(36-27(39)23(32)17-11-15-21-35-30(7,8)9)18-12-13-19-33-26(38)22(31)16-10-14-20-34-29(4,5)6/h22-24,34-35H,10-21,31-32H2,1-9H3,(H,33,38)(H,36,39). The van der Waals surface area contributed by atoms with Gasteiger partial charge in [0.15, 0.2) is 5.78 Å². The van der Waals surface area contributed by atoms with E-state index in [0.29, 0.717) is 38.6 Å². The van der Waals surface area contributed by atoms with Gasteiger partial charge >= 0.3 is 0 Å². The van der Waals surface area contributed by atoms with Gasteiger partial charge in [-0.25, -0.2) is 0 Å². The molecule has 0 rings (SSSR count). The SMILES string of the molecule is CC(C)(C)NCCCCC(N)C(=O)NCCCCC(NC(=O)C(N)CCCCNC(C)(C)C)C(=O)C(C)(C)C. The summed E-state index contributed by atoms with van der Waals surface area (Å²) < 4.78 is 0. The second-order valence-electron chi connectivity index (χ2n) is 14.0. The molecule has 39 heavy (non-hydrogen) atoms.